The highest BCUT2D eigenvalue weighted by Crippen LogP contribution is 2.42. The van der Waals surface area contributed by atoms with Gasteiger partial charge in [-0.25, -0.2) is 4.98 Å². The molecule has 148 valence electrons. The van der Waals surface area contributed by atoms with E-state index in [1.54, 1.807) is 18.6 Å². The molecule has 5 nitrogen and oxygen atoms in total. The normalized spacial score (nSPS) is 24.7. The molecule has 0 bridgehead atoms. The number of nitrogens with two attached hydrogens (primary N) is 1. The van der Waals surface area contributed by atoms with E-state index in [1.165, 1.54) is 18.4 Å². The zero-order valence-corrected chi connectivity index (χ0v) is 16.8. The van der Waals surface area contributed by atoms with E-state index in [1.807, 2.05) is 18.2 Å². The van der Waals surface area contributed by atoms with Gasteiger partial charge in [0.2, 0.25) is 0 Å². The van der Waals surface area contributed by atoms with Crippen LogP contribution in [0.5, 0.6) is 0 Å². The first-order valence-electron chi connectivity index (χ1n) is 10.1. The fraction of sp³-hybridized carbons (Fsp3) is 0.500. The van der Waals surface area contributed by atoms with Gasteiger partial charge in [-0.05, 0) is 62.1 Å². The second-order valence-corrected chi connectivity index (χ2v) is 8.65. The Bertz CT molecular complexity index is 816. The summed E-state index contributed by atoms with van der Waals surface area (Å²) >= 11 is 6.23. The van der Waals surface area contributed by atoms with Gasteiger partial charge in [-0.15, -0.1) is 0 Å². The van der Waals surface area contributed by atoms with Crippen molar-refractivity contribution in [2.75, 3.05) is 13.1 Å². The van der Waals surface area contributed by atoms with Gasteiger partial charge in [-0.1, -0.05) is 23.7 Å². The van der Waals surface area contributed by atoms with Crippen LogP contribution in [0.2, 0.25) is 5.02 Å². The molecular formula is C22H27ClN4O. The standard InChI is InChI=1S/C22H27ClN4O/c23-18-3-1-2-17(12-18)22(15-24)8-6-19(7-9-22)27(14-16-4-5-16)21(28)20-13-25-10-11-26-20/h1-3,10-13,16,19H,4-9,14-15,24H2. The van der Waals surface area contributed by atoms with Crippen molar-refractivity contribution in [3.8, 4) is 0 Å². The minimum Gasteiger partial charge on any atom is -0.334 e. The smallest absolute Gasteiger partial charge is 0.274 e. The SMILES string of the molecule is NCC1(c2cccc(Cl)c2)CCC(N(CC2CC2)C(=O)c2cnccn2)CC1. The van der Waals surface area contributed by atoms with Gasteiger partial charge in [-0.3, -0.25) is 9.78 Å². The Morgan fingerprint density at radius 1 is 1.21 bits per heavy atom. The Morgan fingerprint density at radius 2 is 2.00 bits per heavy atom. The Hall–Kier alpha value is -1.98. The van der Waals surface area contributed by atoms with Crippen molar-refractivity contribution in [2.24, 2.45) is 11.7 Å². The molecule has 2 N–H and O–H groups in total. The van der Waals surface area contributed by atoms with Crippen molar-refractivity contribution >= 4 is 17.5 Å². The molecule has 28 heavy (non-hydrogen) atoms. The number of benzene rings is 1. The Morgan fingerprint density at radius 3 is 2.61 bits per heavy atom. The lowest BCUT2D eigenvalue weighted by atomic mass is 9.68. The Labute approximate surface area is 171 Å². The zero-order chi connectivity index (χ0) is 19.6. The van der Waals surface area contributed by atoms with Crippen LogP contribution < -0.4 is 5.73 Å². The third-order valence-corrected chi connectivity index (χ3v) is 6.61. The number of carbonyl (C=O) groups is 1. The monoisotopic (exact) mass is 398 g/mol. The van der Waals surface area contributed by atoms with Gasteiger partial charge in [0.25, 0.3) is 5.91 Å². The van der Waals surface area contributed by atoms with E-state index in [0.717, 1.165) is 37.3 Å². The highest BCUT2D eigenvalue weighted by molar-refractivity contribution is 6.30. The number of hydrogen-bond donors (Lipinski definition) is 1. The van der Waals surface area contributed by atoms with Crippen molar-refractivity contribution in [3.63, 3.8) is 0 Å². The summed E-state index contributed by atoms with van der Waals surface area (Å²) in [6, 6.07) is 8.30. The van der Waals surface area contributed by atoms with Crippen LogP contribution in [0.25, 0.3) is 0 Å². The number of aromatic nitrogens is 2. The van der Waals surface area contributed by atoms with E-state index >= 15 is 0 Å². The van der Waals surface area contributed by atoms with Crippen LogP contribution in [0.15, 0.2) is 42.9 Å². The summed E-state index contributed by atoms with van der Waals surface area (Å²) in [5, 5.41) is 0.751. The third-order valence-electron chi connectivity index (χ3n) is 6.38. The predicted molar refractivity (Wildman–Crippen MR) is 110 cm³/mol. The minimum atomic E-state index is -0.0533. The van der Waals surface area contributed by atoms with E-state index in [9.17, 15) is 4.79 Å². The van der Waals surface area contributed by atoms with E-state index in [2.05, 4.69) is 20.9 Å². The van der Waals surface area contributed by atoms with Crippen molar-refractivity contribution < 1.29 is 4.79 Å². The molecule has 0 radical (unpaired) electrons. The molecular weight excluding hydrogens is 372 g/mol. The summed E-state index contributed by atoms with van der Waals surface area (Å²) in [6.07, 6.45) is 11.0. The summed E-state index contributed by atoms with van der Waals surface area (Å²) in [4.78, 5) is 23.5. The molecule has 1 amide bonds. The van der Waals surface area contributed by atoms with Crippen LogP contribution in [0.3, 0.4) is 0 Å². The van der Waals surface area contributed by atoms with E-state index in [0.29, 0.717) is 18.2 Å². The van der Waals surface area contributed by atoms with Crippen LogP contribution in [0.1, 0.15) is 54.6 Å². The van der Waals surface area contributed by atoms with E-state index in [-0.39, 0.29) is 17.4 Å². The number of halogens is 1. The molecule has 4 rings (SSSR count). The molecule has 2 aromatic rings. The van der Waals surface area contributed by atoms with E-state index in [4.69, 9.17) is 17.3 Å². The number of hydrogen-bond acceptors (Lipinski definition) is 4. The number of nitrogens with zero attached hydrogens (tertiary/aromatic N) is 3. The van der Waals surface area contributed by atoms with Crippen LogP contribution in [0.4, 0.5) is 0 Å². The van der Waals surface area contributed by atoms with Crippen molar-refractivity contribution in [1.82, 2.24) is 14.9 Å². The number of carbonyl (C=O) groups excluding carboxylic acids is 1. The minimum absolute atomic E-state index is 0.00741. The van der Waals surface area contributed by atoms with Crippen molar-refractivity contribution in [1.29, 1.82) is 0 Å². The fourth-order valence-electron chi connectivity index (χ4n) is 4.43. The summed E-state index contributed by atoms with van der Waals surface area (Å²) in [7, 11) is 0. The van der Waals surface area contributed by atoms with Crippen molar-refractivity contribution in [2.45, 2.75) is 50.0 Å². The maximum atomic E-state index is 13.1. The van der Waals surface area contributed by atoms with Gasteiger partial charge in [-0.2, -0.15) is 0 Å². The van der Waals surface area contributed by atoms with Crippen LogP contribution >= 0.6 is 11.6 Å². The molecule has 2 aliphatic carbocycles. The molecule has 0 spiro atoms. The average molecular weight is 399 g/mol. The highest BCUT2D eigenvalue weighted by atomic mass is 35.5. The second-order valence-electron chi connectivity index (χ2n) is 8.22. The molecule has 0 saturated heterocycles. The lowest BCUT2D eigenvalue weighted by Crippen LogP contribution is -2.48. The van der Waals surface area contributed by atoms with Crippen LogP contribution in [-0.4, -0.2) is 39.9 Å². The number of amides is 1. The summed E-state index contributed by atoms with van der Waals surface area (Å²) in [5.41, 5.74) is 7.84. The molecule has 1 aromatic heterocycles. The van der Waals surface area contributed by atoms with Crippen LogP contribution in [0, 0.1) is 5.92 Å². The van der Waals surface area contributed by atoms with Gasteiger partial charge in [0.05, 0.1) is 6.20 Å². The molecule has 0 aliphatic heterocycles. The van der Waals surface area contributed by atoms with Gasteiger partial charge in [0, 0.05) is 42.0 Å². The van der Waals surface area contributed by atoms with Gasteiger partial charge in [0.15, 0.2) is 0 Å². The summed E-state index contributed by atoms with van der Waals surface area (Å²) in [5.74, 6) is 0.641. The zero-order valence-electron chi connectivity index (χ0n) is 16.1. The van der Waals surface area contributed by atoms with Gasteiger partial charge >= 0.3 is 0 Å². The lowest BCUT2D eigenvalue weighted by Gasteiger charge is -2.43. The quantitative estimate of drug-likeness (QED) is 0.802. The summed E-state index contributed by atoms with van der Waals surface area (Å²) in [6.45, 7) is 1.42. The largest absolute Gasteiger partial charge is 0.334 e. The van der Waals surface area contributed by atoms with Gasteiger partial charge < -0.3 is 10.6 Å². The van der Waals surface area contributed by atoms with Gasteiger partial charge in [0.1, 0.15) is 5.69 Å². The van der Waals surface area contributed by atoms with Crippen LogP contribution in [-0.2, 0) is 5.41 Å². The molecule has 6 heteroatoms. The highest BCUT2D eigenvalue weighted by Gasteiger charge is 2.40. The molecule has 1 aromatic carbocycles. The summed E-state index contributed by atoms with van der Waals surface area (Å²) < 4.78 is 0. The lowest BCUT2D eigenvalue weighted by molar-refractivity contribution is 0.0575. The average Bonchev–Trinajstić information content (AvgIpc) is 3.57. The predicted octanol–water partition coefficient (Wildman–Crippen LogP) is 3.82. The maximum Gasteiger partial charge on any atom is 0.274 e. The second kappa shape index (κ2) is 8.18. The molecule has 1 heterocycles. The Balaban J connectivity index is 1.51. The Kier molecular flexibility index (Phi) is 5.65. The third kappa shape index (κ3) is 4.06. The molecule has 0 unspecified atom stereocenters. The topological polar surface area (TPSA) is 72.1 Å². The molecule has 2 fully saturated rings. The van der Waals surface area contributed by atoms with E-state index < -0.39 is 0 Å². The first-order chi connectivity index (χ1) is 13.6. The first kappa shape index (κ1) is 19.3. The molecule has 2 saturated carbocycles. The maximum absolute atomic E-state index is 13.1. The fourth-order valence-corrected chi connectivity index (χ4v) is 4.62. The van der Waals surface area contributed by atoms with Crippen molar-refractivity contribution in [3.05, 3.63) is 59.1 Å². The molecule has 0 atom stereocenters. The first-order valence-corrected chi connectivity index (χ1v) is 10.5. The molecule has 2 aliphatic rings. The number of rotatable bonds is 6.